The number of benzene rings is 1. The summed E-state index contributed by atoms with van der Waals surface area (Å²) in [6.07, 6.45) is 6.47. The van der Waals surface area contributed by atoms with Crippen molar-refractivity contribution in [3.63, 3.8) is 0 Å². The fourth-order valence-electron chi connectivity index (χ4n) is 1.78. The van der Waals surface area contributed by atoms with Gasteiger partial charge in [0, 0.05) is 11.6 Å². The van der Waals surface area contributed by atoms with E-state index in [1.165, 1.54) is 11.1 Å². The van der Waals surface area contributed by atoms with E-state index in [0.717, 1.165) is 24.3 Å². The second-order valence-corrected chi connectivity index (χ2v) is 3.34. The molecule has 14 heavy (non-hydrogen) atoms. The van der Waals surface area contributed by atoms with Gasteiger partial charge in [-0.2, -0.15) is 0 Å². The van der Waals surface area contributed by atoms with Crippen molar-refractivity contribution >= 4 is 6.08 Å². The Balaban J connectivity index is 2.54. The molecule has 0 spiro atoms. The zero-order valence-electron chi connectivity index (χ0n) is 8.54. The molecule has 0 aliphatic heterocycles. The van der Waals surface area contributed by atoms with Gasteiger partial charge in [0.05, 0.1) is 14.2 Å². The van der Waals surface area contributed by atoms with Crippen molar-refractivity contribution in [3.05, 3.63) is 29.3 Å². The number of allylic oxidation sites excluding steroid dienone is 1. The van der Waals surface area contributed by atoms with Gasteiger partial charge in [0.15, 0.2) is 0 Å². The zero-order valence-corrected chi connectivity index (χ0v) is 8.54. The van der Waals surface area contributed by atoms with Crippen LogP contribution in [0.5, 0.6) is 11.5 Å². The van der Waals surface area contributed by atoms with Crippen molar-refractivity contribution < 1.29 is 9.47 Å². The Bertz CT molecular complexity index is 367. The predicted octanol–water partition coefficient (Wildman–Crippen LogP) is 2.66. The number of methoxy groups -OCH3 is 2. The highest BCUT2D eigenvalue weighted by Gasteiger charge is 2.11. The first-order chi connectivity index (χ1) is 6.85. The number of fused-ring (bicyclic) bond motifs is 1. The summed E-state index contributed by atoms with van der Waals surface area (Å²) < 4.78 is 10.5. The second kappa shape index (κ2) is 3.74. The number of hydrogen-bond donors (Lipinski definition) is 0. The summed E-state index contributed by atoms with van der Waals surface area (Å²) in [7, 11) is 3.37. The van der Waals surface area contributed by atoms with E-state index in [0.29, 0.717) is 0 Å². The highest BCUT2D eigenvalue weighted by molar-refractivity contribution is 5.65. The maximum atomic E-state index is 5.32. The summed E-state index contributed by atoms with van der Waals surface area (Å²) in [6, 6.07) is 4.01. The highest BCUT2D eigenvalue weighted by atomic mass is 16.5. The summed E-state index contributed by atoms with van der Waals surface area (Å²) in [4.78, 5) is 0. The third-order valence-corrected chi connectivity index (χ3v) is 2.52. The van der Waals surface area contributed by atoms with Gasteiger partial charge < -0.3 is 9.47 Å². The third-order valence-electron chi connectivity index (χ3n) is 2.52. The fourth-order valence-corrected chi connectivity index (χ4v) is 1.78. The first kappa shape index (κ1) is 9.13. The molecule has 1 aliphatic rings. The van der Waals surface area contributed by atoms with Crippen molar-refractivity contribution in [1.82, 2.24) is 0 Å². The van der Waals surface area contributed by atoms with Crippen LogP contribution in [0.2, 0.25) is 0 Å². The summed E-state index contributed by atoms with van der Waals surface area (Å²) in [5.41, 5.74) is 2.50. The molecule has 0 saturated heterocycles. The largest absolute Gasteiger partial charge is 0.497 e. The first-order valence-corrected chi connectivity index (χ1v) is 4.76. The van der Waals surface area contributed by atoms with E-state index in [1.54, 1.807) is 14.2 Å². The number of rotatable bonds is 2. The molecule has 2 heteroatoms. The van der Waals surface area contributed by atoms with E-state index >= 15 is 0 Å². The molecule has 1 aliphatic carbocycles. The van der Waals surface area contributed by atoms with Crippen LogP contribution in [0.25, 0.3) is 6.08 Å². The Morgan fingerprint density at radius 3 is 2.71 bits per heavy atom. The van der Waals surface area contributed by atoms with Gasteiger partial charge in [-0.3, -0.25) is 0 Å². The van der Waals surface area contributed by atoms with Crippen molar-refractivity contribution in [2.24, 2.45) is 0 Å². The van der Waals surface area contributed by atoms with Gasteiger partial charge in [-0.25, -0.2) is 0 Å². The van der Waals surface area contributed by atoms with Gasteiger partial charge in [0.2, 0.25) is 0 Å². The van der Waals surface area contributed by atoms with E-state index in [1.807, 2.05) is 6.07 Å². The van der Waals surface area contributed by atoms with E-state index in [9.17, 15) is 0 Å². The van der Waals surface area contributed by atoms with Crippen LogP contribution in [-0.4, -0.2) is 14.2 Å². The van der Waals surface area contributed by atoms with Gasteiger partial charge in [-0.1, -0.05) is 12.2 Å². The molecule has 0 radical (unpaired) electrons. The van der Waals surface area contributed by atoms with E-state index < -0.39 is 0 Å². The van der Waals surface area contributed by atoms with Crippen LogP contribution in [0.1, 0.15) is 17.5 Å². The Labute approximate surface area is 84.2 Å². The van der Waals surface area contributed by atoms with Crippen LogP contribution in [0.4, 0.5) is 0 Å². The summed E-state index contributed by atoms with van der Waals surface area (Å²) in [5.74, 6) is 1.77. The molecule has 0 saturated carbocycles. The molecular weight excluding hydrogens is 176 g/mol. The maximum Gasteiger partial charge on any atom is 0.130 e. The topological polar surface area (TPSA) is 18.5 Å². The predicted molar refractivity (Wildman–Crippen MR) is 56.9 cm³/mol. The van der Waals surface area contributed by atoms with Crippen molar-refractivity contribution in [2.45, 2.75) is 12.8 Å². The normalized spacial score (nSPS) is 13.6. The fraction of sp³-hybridized carbons (Fsp3) is 0.333. The van der Waals surface area contributed by atoms with Crippen molar-refractivity contribution in [3.8, 4) is 11.5 Å². The smallest absolute Gasteiger partial charge is 0.130 e. The quantitative estimate of drug-likeness (QED) is 0.713. The van der Waals surface area contributed by atoms with E-state index in [-0.39, 0.29) is 0 Å². The van der Waals surface area contributed by atoms with Crippen LogP contribution in [0.3, 0.4) is 0 Å². The first-order valence-electron chi connectivity index (χ1n) is 4.76. The molecular formula is C12H14O2. The SMILES string of the molecule is COc1cc2c(c(OC)c1)C=CCC2. The molecule has 2 rings (SSSR count). The lowest BCUT2D eigenvalue weighted by atomic mass is 9.96. The molecule has 0 aromatic heterocycles. The van der Waals surface area contributed by atoms with Crippen LogP contribution < -0.4 is 9.47 Å². The molecule has 0 amide bonds. The molecule has 0 N–H and O–H groups in total. The van der Waals surface area contributed by atoms with E-state index in [4.69, 9.17) is 9.47 Å². The monoisotopic (exact) mass is 190 g/mol. The summed E-state index contributed by atoms with van der Waals surface area (Å²) in [6.45, 7) is 0. The Morgan fingerprint density at radius 2 is 2.00 bits per heavy atom. The van der Waals surface area contributed by atoms with Crippen LogP contribution in [0, 0.1) is 0 Å². The van der Waals surface area contributed by atoms with Gasteiger partial charge in [-0.15, -0.1) is 0 Å². The molecule has 1 aromatic carbocycles. The number of aryl methyl sites for hydroxylation is 1. The molecule has 2 nitrogen and oxygen atoms in total. The molecule has 0 heterocycles. The summed E-state index contributed by atoms with van der Waals surface area (Å²) in [5, 5.41) is 0. The highest BCUT2D eigenvalue weighted by Crippen LogP contribution is 2.32. The minimum atomic E-state index is 0.871. The Hall–Kier alpha value is -1.44. The Morgan fingerprint density at radius 1 is 1.14 bits per heavy atom. The molecule has 0 bridgehead atoms. The molecule has 1 aromatic rings. The zero-order chi connectivity index (χ0) is 9.97. The average Bonchev–Trinajstić information content (AvgIpc) is 2.27. The summed E-state index contributed by atoms with van der Waals surface area (Å²) >= 11 is 0. The number of ether oxygens (including phenoxy) is 2. The van der Waals surface area contributed by atoms with Gasteiger partial charge in [-0.05, 0) is 24.5 Å². The van der Waals surface area contributed by atoms with Gasteiger partial charge in [0.1, 0.15) is 11.5 Å². The van der Waals surface area contributed by atoms with Crippen molar-refractivity contribution in [1.29, 1.82) is 0 Å². The van der Waals surface area contributed by atoms with Gasteiger partial charge in [0.25, 0.3) is 0 Å². The van der Waals surface area contributed by atoms with Crippen LogP contribution >= 0.6 is 0 Å². The lowest BCUT2D eigenvalue weighted by Crippen LogP contribution is -1.99. The third kappa shape index (κ3) is 1.48. The standard InChI is InChI=1S/C12H14O2/c1-13-10-7-9-5-3-4-6-11(9)12(8-10)14-2/h4,6-8H,3,5H2,1-2H3. The van der Waals surface area contributed by atoms with E-state index in [2.05, 4.69) is 18.2 Å². The maximum absolute atomic E-state index is 5.32. The Kier molecular flexibility index (Phi) is 2.44. The molecule has 74 valence electrons. The van der Waals surface area contributed by atoms with Crippen molar-refractivity contribution in [2.75, 3.05) is 14.2 Å². The second-order valence-electron chi connectivity index (χ2n) is 3.34. The van der Waals surface area contributed by atoms with Crippen LogP contribution in [0.15, 0.2) is 18.2 Å². The van der Waals surface area contributed by atoms with Gasteiger partial charge >= 0.3 is 0 Å². The number of hydrogen-bond acceptors (Lipinski definition) is 2. The minimum Gasteiger partial charge on any atom is -0.497 e. The van der Waals surface area contributed by atoms with Crippen LogP contribution in [-0.2, 0) is 6.42 Å². The lowest BCUT2D eigenvalue weighted by molar-refractivity contribution is 0.392. The lowest BCUT2D eigenvalue weighted by Gasteiger charge is -2.15. The molecule has 0 unspecified atom stereocenters. The molecule has 0 fully saturated rings. The molecule has 0 atom stereocenters. The minimum absolute atomic E-state index is 0.871. The average molecular weight is 190 g/mol.